The van der Waals surface area contributed by atoms with Crippen LogP contribution in [0.3, 0.4) is 0 Å². The Kier molecular flexibility index (Phi) is 4.14. The predicted molar refractivity (Wildman–Crippen MR) is 87.8 cm³/mol. The third-order valence-electron chi connectivity index (χ3n) is 4.34. The highest BCUT2D eigenvalue weighted by atomic mass is 16.2. The van der Waals surface area contributed by atoms with Crippen molar-refractivity contribution in [2.24, 2.45) is 0 Å². The van der Waals surface area contributed by atoms with E-state index in [1.165, 1.54) is 0 Å². The van der Waals surface area contributed by atoms with Gasteiger partial charge in [0.15, 0.2) is 0 Å². The molecule has 2 rings (SSSR count). The Morgan fingerprint density at radius 2 is 1.95 bits per heavy atom. The van der Waals surface area contributed by atoms with Gasteiger partial charge in [0.05, 0.1) is 5.56 Å². The van der Waals surface area contributed by atoms with Crippen LogP contribution in [0, 0.1) is 0 Å². The summed E-state index contributed by atoms with van der Waals surface area (Å²) in [7, 11) is 5.99. The molecule has 0 atom stereocenters. The zero-order valence-corrected chi connectivity index (χ0v) is 13.7. The van der Waals surface area contributed by atoms with E-state index in [-0.39, 0.29) is 11.4 Å². The number of carbonyl (C=O) groups is 1. The maximum atomic E-state index is 12.9. The fourth-order valence-electron chi connectivity index (χ4n) is 2.70. The SMILES string of the molecule is CN(C)c1ccc(N)cc1C(=O)N1CCN(C)C(C)(C)C1. The van der Waals surface area contributed by atoms with Gasteiger partial charge < -0.3 is 15.5 Å². The first-order valence-corrected chi connectivity index (χ1v) is 7.30. The number of anilines is 2. The van der Waals surface area contributed by atoms with E-state index < -0.39 is 0 Å². The maximum absolute atomic E-state index is 12.9. The number of benzene rings is 1. The van der Waals surface area contributed by atoms with Gasteiger partial charge in [0.25, 0.3) is 5.91 Å². The van der Waals surface area contributed by atoms with Gasteiger partial charge >= 0.3 is 0 Å². The number of rotatable bonds is 2. The second kappa shape index (κ2) is 5.56. The lowest BCUT2D eigenvalue weighted by molar-refractivity contribution is 0.0312. The van der Waals surface area contributed by atoms with Gasteiger partial charge in [0.1, 0.15) is 0 Å². The van der Waals surface area contributed by atoms with Gasteiger partial charge in [-0.25, -0.2) is 0 Å². The molecule has 1 amide bonds. The number of hydrogen-bond donors (Lipinski definition) is 1. The van der Waals surface area contributed by atoms with Gasteiger partial charge in [-0.1, -0.05) is 0 Å². The molecule has 0 radical (unpaired) electrons. The van der Waals surface area contributed by atoms with Crippen LogP contribution in [0.4, 0.5) is 11.4 Å². The van der Waals surface area contributed by atoms with E-state index >= 15 is 0 Å². The number of nitrogens with zero attached hydrogens (tertiary/aromatic N) is 3. The molecular formula is C16H26N4O. The second-order valence-corrected chi connectivity index (χ2v) is 6.63. The number of piperazine rings is 1. The van der Waals surface area contributed by atoms with Gasteiger partial charge in [0, 0.05) is 50.6 Å². The predicted octanol–water partition coefficient (Wildman–Crippen LogP) is 1.50. The quantitative estimate of drug-likeness (QED) is 0.839. The number of carbonyl (C=O) groups excluding carboxylic acids is 1. The molecule has 0 bridgehead atoms. The molecule has 1 aromatic rings. The minimum atomic E-state index is -0.00743. The summed E-state index contributed by atoms with van der Waals surface area (Å²) in [5.74, 6) is 0.0622. The van der Waals surface area contributed by atoms with Crippen LogP contribution in [-0.4, -0.2) is 62.0 Å². The Morgan fingerprint density at radius 3 is 2.52 bits per heavy atom. The monoisotopic (exact) mass is 290 g/mol. The molecule has 1 heterocycles. The molecule has 1 aromatic carbocycles. The van der Waals surface area contributed by atoms with Gasteiger partial charge in [0.2, 0.25) is 0 Å². The Hall–Kier alpha value is -1.75. The lowest BCUT2D eigenvalue weighted by atomic mass is 9.98. The van der Waals surface area contributed by atoms with E-state index in [0.29, 0.717) is 11.3 Å². The summed E-state index contributed by atoms with van der Waals surface area (Å²) >= 11 is 0. The van der Waals surface area contributed by atoms with Crippen molar-refractivity contribution in [3.63, 3.8) is 0 Å². The minimum Gasteiger partial charge on any atom is -0.399 e. The fraction of sp³-hybridized carbons (Fsp3) is 0.562. The van der Waals surface area contributed by atoms with Crippen molar-refractivity contribution in [2.45, 2.75) is 19.4 Å². The van der Waals surface area contributed by atoms with Crippen molar-refractivity contribution in [1.29, 1.82) is 0 Å². The Labute approximate surface area is 127 Å². The zero-order chi connectivity index (χ0) is 15.8. The molecule has 0 aromatic heterocycles. The minimum absolute atomic E-state index is 0.00743. The van der Waals surface area contributed by atoms with Crippen molar-refractivity contribution in [2.75, 3.05) is 51.4 Å². The van der Waals surface area contributed by atoms with Crippen LogP contribution in [0.15, 0.2) is 18.2 Å². The molecular weight excluding hydrogens is 264 g/mol. The van der Waals surface area contributed by atoms with E-state index in [1.807, 2.05) is 36.0 Å². The smallest absolute Gasteiger partial charge is 0.256 e. The molecule has 1 aliphatic rings. The zero-order valence-electron chi connectivity index (χ0n) is 13.7. The Bertz CT molecular complexity index is 539. The summed E-state index contributed by atoms with van der Waals surface area (Å²) in [5, 5.41) is 0. The summed E-state index contributed by atoms with van der Waals surface area (Å²) in [4.78, 5) is 19.1. The molecule has 0 unspecified atom stereocenters. The molecule has 1 saturated heterocycles. The number of amides is 1. The van der Waals surface area contributed by atoms with Crippen LogP contribution in [0.1, 0.15) is 24.2 Å². The molecule has 1 aliphatic heterocycles. The first kappa shape index (κ1) is 15.6. The van der Waals surface area contributed by atoms with Crippen molar-refractivity contribution in [3.05, 3.63) is 23.8 Å². The van der Waals surface area contributed by atoms with E-state index in [0.717, 1.165) is 25.3 Å². The van der Waals surface area contributed by atoms with E-state index in [9.17, 15) is 4.79 Å². The molecule has 0 spiro atoms. The summed E-state index contributed by atoms with van der Waals surface area (Å²) in [6, 6.07) is 5.52. The third kappa shape index (κ3) is 3.13. The Balaban J connectivity index is 2.30. The molecule has 1 fully saturated rings. The summed E-state index contributed by atoms with van der Waals surface area (Å²) in [6.07, 6.45) is 0. The number of hydrogen-bond acceptors (Lipinski definition) is 4. The normalized spacial score (nSPS) is 18.6. The van der Waals surface area contributed by atoms with Gasteiger partial charge in [-0.05, 0) is 39.1 Å². The summed E-state index contributed by atoms with van der Waals surface area (Å²) in [6.45, 7) is 6.69. The van der Waals surface area contributed by atoms with Crippen LogP contribution < -0.4 is 10.6 Å². The average molecular weight is 290 g/mol. The topological polar surface area (TPSA) is 52.8 Å². The first-order chi connectivity index (χ1) is 9.72. The third-order valence-corrected chi connectivity index (χ3v) is 4.34. The van der Waals surface area contributed by atoms with Gasteiger partial charge in [-0.2, -0.15) is 0 Å². The van der Waals surface area contributed by atoms with E-state index in [1.54, 1.807) is 6.07 Å². The highest BCUT2D eigenvalue weighted by molar-refractivity contribution is 6.00. The molecule has 0 aliphatic carbocycles. The standard InChI is InChI=1S/C16H26N4O/c1-16(2)11-20(9-8-19(16)5)15(21)13-10-12(17)6-7-14(13)18(3)4/h6-7,10H,8-9,11,17H2,1-5H3. The molecule has 21 heavy (non-hydrogen) atoms. The fourth-order valence-corrected chi connectivity index (χ4v) is 2.70. The van der Waals surface area contributed by atoms with Crippen LogP contribution in [0.2, 0.25) is 0 Å². The number of likely N-dealkylation sites (N-methyl/N-ethyl adjacent to an activating group) is 1. The van der Waals surface area contributed by atoms with Crippen LogP contribution in [0.25, 0.3) is 0 Å². The average Bonchev–Trinajstić information content (AvgIpc) is 2.40. The number of nitrogens with two attached hydrogens (primary N) is 1. The van der Waals surface area contributed by atoms with E-state index in [2.05, 4.69) is 25.8 Å². The van der Waals surface area contributed by atoms with Crippen molar-refractivity contribution >= 4 is 17.3 Å². The lowest BCUT2D eigenvalue weighted by Gasteiger charge is -2.45. The maximum Gasteiger partial charge on any atom is 0.256 e. The van der Waals surface area contributed by atoms with Gasteiger partial charge in [-0.3, -0.25) is 9.69 Å². The van der Waals surface area contributed by atoms with Crippen molar-refractivity contribution in [1.82, 2.24) is 9.80 Å². The first-order valence-electron chi connectivity index (χ1n) is 7.30. The Morgan fingerprint density at radius 1 is 1.29 bits per heavy atom. The number of nitrogen functional groups attached to an aromatic ring is 1. The van der Waals surface area contributed by atoms with Gasteiger partial charge in [-0.15, -0.1) is 0 Å². The molecule has 0 saturated carbocycles. The molecule has 5 heteroatoms. The van der Waals surface area contributed by atoms with Crippen LogP contribution in [-0.2, 0) is 0 Å². The second-order valence-electron chi connectivity index (χ2n) is 6.63. The van der Waals surface area contributed by atoms with Crippen molar-refractivity contribution < 1.29 is 4.79 Å². The highest BCUT2D eigenvalue weighted by Crippen LogP contribution is 2.26. The molecule has 5 nitrogen and oxygen atoms in total. The molecule has 2 N–H and O–H groups in total. The highest BCUT2D eigenvalue weighted by Gasteiger charge is 2.34. The lowest BCUT2D eigenvalue weighted by Crippen LogP contribution is -2.58. The van der Waals surface area contributed by atoms with Crippen molar-refractivity contribution in [3.8, 4) is 0 Å². The largest absolute Gasteiger partial charge is 0.399 e. The summed E-state index contributed by atoms with van der Waals surface area (Å²) < 4.78 is 0. The van der Waals surface area contributed by atoms with Crippen LogP contribution >= 0.6 is 0 Å². The van der Waals surface area contributed by atoms with E-state index in [4.69, 9.17) is 5.73 Å². The molecule has 116 valence electrons. The summed E-state index contributed by atoms with van der Waals surface area (Å²) in [5.41, 5.74) is 8.08. The van der Waals surface area contributed by atoms with Crippen LogP contribution in [0.5, 0.6) is 0 Å².